The molecule has 2 heterocycles. The zero-order valence-corrected chi connectivity index (χ0v) is 18.7. The van der Waals surface area contributed by atoms with Gasteiger partial charge in [-0.2, -0.15) is 0 Å². The van der Waals surface area contributed by atoms with Crippen LogP contribution in [-0.2, 0) is 11.3 Å². The minimum atomic E-state index is -0.467. The molecule has 2 unspecified atom stereocenters. The van der Waals surface area contributed by atoms with Crippen molar-refractivity contribution >= 4 is 17.2 Å². The molecule has 1 aliphatic carbocycles. The molecule has 2 aromatic rings. The van der Waals surface area contributed by atoms with Crippen molar-refractivity contribution in [3.8, 4) is 16.2 Å². The van der Waals surface area contributed by atoms with Crippen LogP contribution in [0.3, 0.4) is 0 Å². The summed E-state index contributed by atoms with van der Waals surface area (Å²) in [5.41, 5.74) is 4.83. The Bertz CT molecular complexity index is 895. The molecule has 1 amide bonds. The number of rotatable bonds is 7. The van der Waals surface area contributed by atoms with Gasteiger partial charge in [0.05, 0.1) is 34.3 Å². The average Bonchev–Trinajstić information content (AvgIpc) is 3.41. The maximum Gasteiger partial charge on any atom is 0.237 e. The topological polar surface area (TPSA) is 104 Å². The second-order valence-electron chi connectivity index (χ2n) is 8.60. The van der Waals surface area contributed by atoms with Crippen molar-refractivity contribution < 1.29 is 19.7 Å². The SMILES string of the molecule is Cc1ncsc1-c1ccc(CNC(=O)C2CC(O)CN2)c(OC2CCC(CO)CC2)c1. The number of aliphatic hydroxyl groups excluding tert-OH is 2. The fraction of sp³-hybridized carbons (Fsp3) is 0.565. The van der Waals surface area contributed by atoms with E-state index in [-0.39, 0.29) is 24.7 Å². The van der Waals surface area contributed by atoms with Gasteiger partial charge in [-0.15, -0.1) is 11.3 Å². The molecule has 0 spiro atoms. The summed E-state index contributed by atoms with van der Waals surface area (Å²) in [6, 6.07) is 5.76. The van der Waals surface area contributed by atoms with Crippen LogP contribution in [-0.4, -0.2) is 52.5 Å². The summed E-state index contributed by atoms with van der Waals surface area (Å²) < 4.78 is 6.43. The van der Waals surface area contributed by atoms with E-state index in [2.05, 4.69) is 27.8 Å². The molecule has 1 aromatic carbocycles. The van der Waals surface area contributed by atoms with Crippen LogP contribution in [0.5, 0.6) is 5.75 Å². The molecule has 31 heavy (non-hydrogen) atoms. The minimum absolute atomic E-state index is 0.103. The van der Waals surface area contributed by atoms with Gasteiger partial charge in [-0.05, 0) is 56.6 Å². The van der Waals surface area contributed by atoms with Crippen LogP contribution in [0.1, 0.15) is 43.4 Å². The highest BCUT2D eigenvalue weighted by atomic mass is 32.1. The van der Waals surface area contributed by atoms with Crippen molar-refractivity contribution in [1.29, 1.82) is 0 Å². The van der Waals surface area contributed by atoms with Crippen LogP contribution in [0.2, 0.25) is 0 Å². The highest BCUT2D eigenvalue weighted by molar-refractivity contribution is 7.13. The highest BCUT2D eigenvalue weighted by Gasteiger charge is 2.28. The summed E-state index contributed by atoms with van der Waals surface area (Å²) in [6.45, 7) is 3.07. The molecule has 1 saturated carbocycles. The van der Waals surface area contributed by atoms with E-state index in [1.54, 1.807) is 11.3 Å². The third-order valence-electron chi connectivity index (χ3n) is 6.30. The summed E-state index contributed by atoms with van der Waals surface area (Å²) in [7, 11) is 0. The Morgan fingerprint density at radius 1 is 1.32 bits per heavy atom. The predicted octanol–water partition coefficient (Wildman–Crippen LogP) is 2.39. The van der Waals surface area contributed by atoms with Crippen LogP contribution < -0.4 is 15.4 Å². The van der Waals surface area contributed by atoms with Gasteiger partial charge in [0.25, 0.3) is 0 Å². The van der Waals surface area contributed by atoms with Crippen molar-refractivity contribution in [3.05, 3.63) is 35.0 Å². The van der Waals surface area contributed by atoms with Crippen molar-refractivity contribution in [1.82, 2.24) is 15.6 Å². The fourth-order valence-corrected chi connectivity index (χ4v) is 5.17. The molecule has 0 radical (unpaired) electrons. The lowest BCUT2D eigenvalue weighted by Gasteiger charge is -2.29. The number of amides is 1. The van der Waals surface area contributed by atoms with E-state index in [0.29, 0.717) is 25.4 Å². The van der Waals surface area contributed by atoms with Gasteiger partial charge in [-0.3, -0.25) is 4.79 Å². The number of aromatic nitrogens is 1. The largest absolute Gasteiger partial charge is 0.490 e. The van der Waals surface area contributed by atoms with Gasteiger partial charge < -0.3 is 25.6 Å². The lowest BCUT2D eigenvalue weighted by atomic mass is 9.88. The van der Waals surface area contributed by atoms with Crippen LogP contribution >= 0.6 is 11.3 Å². The maximum atomic E-state index is 12.5. The number of β-amino-alcohol motifs (C(OH)–C–C–N with tert-alkyl or cyclic N) is 1. The summed E-state index contributed by atoms with van der Waals surface area (Å²) in [6.07, 6.45) is 3.86. The summed E-state index contributed by atoms with van der Waals surface area (Å²) in [5.74, 6) is 1.06. The molecule has 2 fully saturated rings. The predicted molar refractivity (Wildman–Crippen MR) is 120 cm³/mol. The number of hydrogen-bond donors (Lipinski definition) is 4. The van der Waals surface area contributed by atoms with E-state index in [9.17, 15) is 15.0 Å². The van der Waals surface area contributed by atoms with E-state index in [4.69, 9.17) is 4.74 Å². The number of carbonyl (C=O) groups is 1. The quantitative estimate of drug-likeness (QED) is 0.522. The van der Waals surface area contributed by atoms with Gasteiger partial charge in [-0.1, -0.05) is 12.1 Å². The van der Waals surface area contributed by atoms with Gasteiger partial charge in [0, 0.05) is 25.3 Å². The first-order valence-electron chi connectivity index (χ1n) is 11.0. The monoisotopic (exact) mass is 445 g/mol. The Morgan fingerprint density at radius 2 is 2.13 bits per heavy atom. The summed E-state index contributed by atoms with van der Waals surface area (Å²) in [5, 5.41) is 25.1. The van der Waals surface area contributed by atoms with Crippen LogP contribution in [0.25, 0.3) is 10.4 Å². The van der Waals surface area contributed by atoms with Crippen molar-refractivity contribution in [2.75, 3.05) is 13.2 Å². The molecule has 2 atom stereocenters. The molecule has 8 heteroatoms. The first-order chi connectivity index (χ1) is 15.0. The highest BCUT2D eigenvalue weighted by Crippen LogP contribution is 2.34. The Labute approximate surface area is 186 Å². The smallest absolute Gasteiger partial charge is 0.237 e. The zero-order valence-electron chi connectivity index (χ0n) is 17.8. The third-order valence-corrected chi connectivity index (χ3v) is 7.28. The molecule has 1 aliphatic heterocycles. The Kier molecular flexibility index (Phi) is 7.22. The Balaban J connectivity index is 1.49. The average molecular weight is 446 g/mol. The second kappa shape index (κ2) is 10.1. The molecule has 1 aromatic heterocycles. The minimum Gasteiger partial charge on any atom is -0.490 e. The van der Waals surface area contributed by atoms with Crippen LogP contribution in [0.4, 0.5) is 0 Å². The molecule has 7 nitrogen and oxygen atoms in total. The van der Waals surface area contributed by atoms with E-state index >= 15 is 0 Å². The number of aliphatic hydroxyl groups is 2. The first kappa shape index (κ1) is 22.2. The number of nitrogens with zero attached hydrogens (tertiary/aromatic N) is 1. The number of hydrogen-bond acceptors (Lipinski definition) is 7. The van der Waals surface area contributed by atoms with Crippen molar-refractivity contribution in [3.63, 3.8) is 0 Å². The van der Waals surface area contributed by atoms with Crippen molar-refractivity contribution in [2.45, 2.75) is 63.8 Å². The lowest BCUT2D eigenvalue weighted by Crippen LogP contribution is -2.40. The van der Waals surface area contributed by atoms with E-state index in [1.165, 1.54) is 0 Å². The molecule has 4 N–H and O–H groups in total. The number of ether oxygens (including phenoxy) is 1. The molecule has 0 bridgehead atoms. The number of benzene rings is 1. The van der Waals surface area contributed by atoms with Gasteiger partial charge in [-0.25, -0.2) is 4.98 Å². The van der Waals surface area contributed by atoms with E-state index < -0.39 is 6.10 Å². The number of nitrogens with one attached hydrogen (secondary N) is 2. The Morgan fingerprint density at radius 3 is 2.77 bits per heavy atom. The number of carbonyl (C=O) groups excluding carboxylic acids is 1. The van der Waals surface area contributed by atoms with E-state index in [0.717, 1.165) is 53.1 Å². The van der Waals surface area contributed by atoms with E-state index in [1.807, 2.05) is 18.5 Å². The normalized spacial score (nSPS) is 26.0. The lowest BCUT2D eigenvalue weighted by molar-refractivity contribution is -0.123. The summed E-state index contributed by atoms with van der Waals surface area (Å²) >= 11 is 1.61. The van der Waals surface area contributed by atoms with Crippen molar-refractivity contribution in [2.24, 2.45) is 5.92 Å². The third kappa shape index (κ3) is 5.44. The number of thiazole rings is 1. The molecule has 1 saturated heterocycles. The molecular weight excluding hydrogens is 414 g/mol. The maximum absolute atomic E-state index is 12.5. The second-order valence-corrected chi connectivity index (χ2v) is 9.46. The summed E-state index contributed by atoms with van der Waals surface area (Å²) in [4.78, 5) is 18.0. The molecule has 168 valence electrons. The Hall–Kier alpha value is -2.00. The van der Waals surface area contributed by atoms with Gasteiger partial charge >= 0.3 is 0 Å². The number of aryl methyl sites for hydroxylation is 1. The fourth-order valence-electron chi connectivity index (χ4n) is 4.36. The molecule has 4 rings (SSSR count). The molecule has 2 aliphatic rings. The molecular formula is C23H31N3O4S. The van der Waals surface area contributed by atoms with Gasteiger partial charge in [0.15, 0.2) is 0 Å². The standard InChI is InChI=1S/C23H31N3O4S/c1-14-22(31-13-26-14)16-4-5-17(10-25-23(29)20-9-18(28)11-24-20)21(8-16)30-19-6-2-15(12-27)3-7-19/h4-5,8,13,15,18-20,24,27-28H,2-3,6-7,9-12H2,1H3,(H,25,29). The zero-order chi connectivity index (χ0) is 21.8. The first-order valence-corrected chi connectivity index (χ1v) is 11.9. The van der Waals surface area contributed by atoms with Gasteiger partial charge in [0.1, 0.15) is 5.75 Å². The van der Waals surface area contributed by atoms with Crippen LogP contribution in [0.15, 0.2) is 23.7 Å². The van der Waals surface area contributed by atoms with Crippen LogP contribution in [0, 0.1) is 12.8 Å². The van der Waals surface area contributed by atoms with Gasteiger partial charge in [0.2, 0.25) is 5.91 Å².